The van der Waals surface area contributed by atoms with Crippen LogP contribution in [0.25, 0.3) is 10.9 Å². The Morgan fingerprint density at radius 2 is 2.06 bits per heavy atom. The van der Waals surface area contributed by atoms with Crippen LogP contribution in [0, 0.1) is 12.7 Å². The number of hydrogen-bond acceptors (Lipinski definition) is 4. The van der Waals surface area contributed by atoms with E-state index in [-0.39, 0.29) is 34.6 Å². The zero-order valence-electron chi connectivity index (χ0n) is 18.2. The molecule has 2 amide bonds. The summed E-state index contributed by atoms with van der Waals surface area (Å²) >= 11 is 5.88. The molecule has 1 N–H and O–H groups in total. The van der Waals surface area contributed by atoms with Gasteiger partial charge < -0.3 is 14.8 Å². The lowest BCUT2D eigenvalue weighted by Crippen LogP contribution is -2.42. The smallest absolute Gasteiger partial charge is 0.276 e. The van der Waals surface area contributed by atoms with Crippen molar-refractivity contribution in [1.82, 2.24) is 24.6 Å². The van der Waals surface area contributed by atoms with Crippen LogP contribution in [0.4, 0.5) is 4.39 Å². The number of aryl methyl sites for hydroxylation is 1. The van der Waals surface area contributed by atoms with Crippen LogP contribution in [0.5, 0.6) is 0 Å². The largest absolute Gasteiger partial charge is 0.354 e. The highest BCUT2D eigenvalue weighted by Crippen LogP contribution is 2.33. The summed E-state index contributed by atoms with van der Waals surface area (Å²) in [6.45, 7) is 6.55. The molecule has 0 radical (unpaired) electrons. The van der Waals surface area contributed by atoms with Crippen molar-refractivity contribution in [3.8, 4) is 0 Å². The number of fused-ring (bicyclic) bond motifs is 3. The zero-order valence-corrected chi connectivity index (χ0v) is 19.0. The molecule has 0 saturated carbocycles. The van der Waals surface area contributed by atoms with Crippen molar-refractivity contribution in [3.05, 3.63) is 61.9 Å². The van der Waals surface area contributed by atoms with Gasteiger partial charge in [-0.25, -0.2) is 9.07 Å². The Morgan fingerprint density at radius 3 is 2.69 bits per heavy atom. The number of halogens is 2. The molecule has 1 aliphatic heterocycles. The van der Waals surface area contributed by atoms with E-state index < -0.39 is 17.3 Å². The van der Waals surface area contributed by atoms with Gasteiger partial charge in [0.15, 0.2) is 5.69 Å². The summed E-state index contributed by atoms with van der Waals surface area (Å²) < 4.78 is 16.5. The lowest BCUT2D eigenvalue weighted by molar-refractivity contribution is 0.0688. The van der Waals surface area contributed by atoms with E-state index >= 15 is 0 Å². The first kappa shape index (κ1) is 22.0. The Hall–Kier alpha value is -3.20. The monoisotopic (exact) mass is 459 g/mol. The molecule has 0 fully saturated rings. The first-order valence-electron chi connectivity index (χ1n) is 10.3. The lowest BCUT2D eigenvalue weighted by Gasteiger charge is -2.33. The van der Waals surface area contributed by atoms with Crippen molar-refractivity contribution in [2.75, 3.05) is 20.1 Å². The number of carbonyl (C=O) groups excluding carboxylic acids is 2. The van der Waals surface area contributed by atoms with Gasteiger partial charge in [-0.2, -0.15) is 5.10 Å². The molecule has 3 aromatic rings. The molecule has 0 unspecified atom stereocenters. The van der Waals surface area contributed by atoms with Crippen molar-refractivity contribution in [2.24, 2.45) is 0 Å². The predicted octanol–water partition coefficient (Wildman–Crippen LogP) is 2.74. The number of benzene rings is 1. The summed E-state index contributed by atoms with van der Waals surface area (Å²) in [5.74, 6) is -1.22. The molecule has 1 atom stereocenters. The quantitative estimate of drug-likeness (QED) is 0.649. The summed E-state index contributed by atoms with van der Waals surface area (Å²) in [5.41, 5.74) is 1.43. The standard InChI is InChI=1S/C22H23ClFN5O3/c1-5-27-9-11(2)29-18(22(27)32)12(3)16-19(29)17(20(30)25-4)26-28(21(16)31)10-13-6-7-15(24)14(23)8-13/h6-8,11H,5,9-10H2,1-4H3,(H,25,30)/t11-/m1/s1. The van der Waals surface area contributed by atoms with Gasteiger partial charge in [0.25, 0.3) is 17.4 Å². The second-order valence-corrected chi connectivity index (χ2v) is 8.31. The number of rotatable bonds is 4. The Balaban J connectivity index is 2.02. The third-order valence-electron chi connectivity index (χ3n) is 5.90. The first-order valence-corrected chi connectivity index (χ1v) is 10.7. The highest BCUT2D eigenvalue weighted by molar-refractivity contribution is 6.30. The van der Waals surface area contributed by atoms with E-state index in [0.717, 1.165) is 4.68 Å². The number of amides is 2. The minimum absolute atomic E-state index is 0.0106. The maximum absolute atomic E-state index is 13.6. The third-order valence-corrected chi connectivity index (χ3v) is 6.19. The fourth-order valence-electron chi connectivity index (χ4n) is 4.35. The van der Waals surface area contributed by atoms with Crippen LogP contribution >= 0.6 is 11.6 Å². The molecule has 168 valence electrons. The number of likely N-dealkylation sites (N-methyl/N-ethyl adjacent to an activating group) is 1. The summed E-state index contributed by atoms with van der Waals surface area (Å²) in [7, 11) is 1.48. The zero-order chi connectivity index (χ0) is 23.3. The van der Waals surface area contributed by atoms with Crippen molar-refractivity contribution in [1.29, 1.82) is 0 Å². The summed E-state index contributed by atoms with van der Waals surface area (Å²) in [6.07, 6.45) is 0. The molecule has 3 heterocycles. The molecule has 4 rings (SSSR count). The van der Waals surface area contributed by atoms with Gasteiger partial charge >= 0.3 is 0 Å². The Kier molecular flexibility index (Phi) is 5.54. The van der Waals surface area contributed by atoms with Crippen molar-refractivity contribution >= 4 is 34.3 Å². The van der Waals surface area contributed by atoms with E-state index in [1.165, 1.54) is 25.2 Å². The van der Waals surface area contributed by atoms with Crippen LogP contribution in [0.3, 0.4) is 0 Å². The molecular weight excluding hydrogens is 437 g/mol. The van der Waals surface area contributed by atoms with E-state index in [4.69, 9.17) is 11.6 Å². The molecular formula is C22H23ClFN5O3. The molecule has 0 spiro atoms. The van der Waals surface area contributed by atoms with Gasteiger partial charge in [0.1, 0.15) is 11.5 Å². The number of carbonyl (C=O) groups is 2. The topological polar surface area (TPSA) is 89.2 Å². The average molecular weight is 460 g/mol. The molecule has 1 aromatic carbocycles. The number of nitrogens with zero attached hydrogens (tertiary/aromatic N) is 4. The molecule has 1 aliphatic rings. The Morgan fingerprint density at radius 1 is 1.34 bits per heavy atom. The SMILES string of the molecule is CCN1C[C@@H](C)n2c(c(C)c3c(=O)n(Cc4ccc(F)c(Cl)c4)nc(C(=O)NC)c32)C1=O. The molecule has 10 heteroatoms. The molecule has 8 nitrogen and oxygen atoms in total. The minimum atomic E-state index is -0.568. The highest BCUT2D eigenvalue weighted by atomic mass is 35.5. The van der Waals surface area contributed by atoms with E-state index in [9.17, 15) is 18.8 Å². The van der Waals surface area contributed by atoms with Crippen LogP contribution in [0.1, 0.15) is 52.0 Å². The van der Waals surface area contributed by atoms with Gasteiger partial charge in [-0.15, -0.1) is 0 Å². The maximum atomic E-state index is 13.6. The van der Waals surface area contributed by atoms with Gasteiger partial charge in [0, 0.05) is 26.2 Å². The van der Waals surface area contributed by atoms with Gasteiger partial charge in [-0.1, -0.05) is 17.7 Å². The minimum Gasteiger partial charge on any atom is -0.354 e. The summed E-state index contributed by atoms with van der Waals surface area (Å²) in [5, 5.41) is 7.12. The van der Waals surface area contributed by atoms with Gasteiger partial charge in [0.2, 0.25) is 0 Å². The third kappa shape index (κ3) is 3.28. The molecule has 0 aliphatic carbocycles. The van der Waals surface area contributed by atoms with E-state index in [0.29, 0.717) is 35.4 Å². The fourth-order valence-corrected chi connectivity index (χ4v) is 4.55. The van der Waals surface area contributed by atoms with E-state index in [2.05, 4.69) is 10.4 Å². The normalized spacial score (nSPS) is 15.9. The second-order valence-electron chi connectivity index (χ2n) is 7.90. The number of nitrogens with one attached hydrogen (secondary N) is 1. The fraction of sp³-hybridized carbons (Fsp3) is 0.364. The Labute approximate surface area is 188 Å². The maximum Gasteiger partial charge on any atom is 0.276 e. The number of hydrogen-bond donors (Lipinski definition) is 1. The van der Waals surface area contributed by atoms with Crippen molar-refractivity contribution in [2.45, 2.75) is 33.4 Å². The predicted molar refractivity (Wildman–Crippen MR) is 119 cm³/mol. The van der Waals surface area contributed by atoms with Crippen LogP contribution in [-0.2, 0) is 6.54 Å². The van der Waals surface area contributed by atoms with Gasteiger partial charge in [-0.05, 0) is 44.0 Å². The number of aromatic nitrogens is 3. The Bertz CT molecular complexity index is 1330. The summed E-state index contributed by atoms with van der Waals surface area (Å²) in [4.78, 5) is 41.1. The first-order chi connectivity index (χ1) is 15.2. The summed E-state index contributed by atoms with van der Waals surface area (Å²) in [6, 6.07) is 3.98. The highest BCUT2D eigenvalue weighted by Gasteiger charge is 2.35. The lowest BCUT2D eigenvalue weighted by atomic mass is 10.1. The molecule has 2 aromatic heterocycles. The van der Waals surface area contributed by atoms with Crippen molar-refractivity contribution < 1.29 is 14.0 Å². The molecule has 0 saturated heterocycles. The van der Waals surface area contributed by atoms with Gasteiger partial charge in [-0.3, -0.25) is 14.4 Å². The van der Waals surface area contributed by atoms with Crippen molar-refractivity contribution in [3.63, 3.8) is 0 Å². The van der Waals surface area contributed by atoms with Gasteiger partial charge in [0.05, 0.1) is 22.5 Å². The van der Waals surface area contributed by atoms with Crippen LogP contribution in [0.2, 0.25) is 5.02 Å². The average Bonchev–Trinajstić information content (AvgIpc) is 3.08. The van der Waals surface area contributed by atoms with Crippen LogP contribution < -0.4 is 10.9 Å². The molecule has 32 heavy (non-hydrogen) atoms. The molecule has 0 bridgehead atoms. The van der Waals surface area contributed by atoms with Crippen LogP contribution in [-0.4, -0.2) is 51.2 Å². The van der Waals surface area contributed by atoms with E-state index in [1.807, 2.05) is 13.8 Å². The van der Waals surface area contributed by atoms with Crippen LogP contribution in [0.15, 0.2) is 23.0 Å². The van der Waals surface area contributed by atoms with E-state index in [1.54, 1.807) is 16.4 Å². The second kappa shape index (κ2) is 8.05.